The van der Waals surface area contributed by atoms with E-state index in [9.17, 15) is 18.5 Å². The van der Waals surface area contributed by atoms with Crippen molar-refractivity contribution < 1.29 is 18.1 Å². The SMILES string of the molecule is CNS(=O)(=O)c1ccc(OC2CCNC2)c([N+](=O)[O-])c1. The minimum Gasteiger partial charge on any atom is -0.482 e. The van der Waals surface area contributed by atoms with E-state index >= 15 is 0 Å². The number of hydrogen-bond donors (Lipinski definition) is 2. The number of ether oxygens (including phenoxy) is 1. The molecule has 0 bridgehead atoms. The number of sulfonamides is 1. The van der Waals surface area contributed by atoms with Gasteiger partial charge in [0, 0.05) is 12.6 Å². The molecule has 0 aromatic heterocycles. The summed E-state index contributed by atoms with van der Waals surface area (Å²) in [7, 11) is -2.47. The summed E-state index contributed by atoms with van der Waals surface area (Å²) in [6.07, 6.45) is 0.619. The molecule has 0 amide bonds. The summed E-state index contributed by atoms with van der Waals surface area (Å²) in [6.45, 7) is 1.42. The van der Waals surface area contributed by atoms with Crippen molar-refractivity contribution in [2.45, 2.75) is 17.4 Å². The molecular formula is C11H15N3O5S. The van der Waals surface area contributed by atoms with Gasteiger partial charge in [-0.2, -0.15) is 0 Å². The van der Waals surface area contributed by atoms with Gasteiger partial charge in [-0.25, -0.2) is 13.1 Å². The van der Waals surface area contributed by atoms with Crippen LogP contribution in [0.3, 0.4) is 0 Å². The Morgan fingerprint density at radius 3 is 2.80 bits per heavy atom. The third-order valence-electron chi connectivity index (χ3n) is 3.01. The summed E-state index contributed by atoms with van der Waals surface area (Å²) in [5, 5.41) is 14.1. The molecular weight excluding hydrogens is 286 g/mol. The van der Waals surface area contributed by atoms with Crippen molar-refractivity contribution in [3.05, 3.63) is 28.3 Å². The van der Waals surface area contributed by atoms with Crippen molar-refractivity contribution in [2.75, 3.05) is 20.1 Å². The van der Waals surface area contributed by atoms with E-state index < -0.39 is 14.9 Å². The molecule has 1 aliphatic rings. The van der Waals surface area contributed by atoms with Crippen molar-refractivity contribution in [3.8, 4) is 5.75 Å². The Kier molecular flexibility index (Phi) is 4.21. The van der Waals surface area contributed by atoms with Gasteiger partial charge in [0.1, 0.15) is 6.10 Å². The van der Waals surface area contributed by atoms with Gasteiger partial charge in [-0.05, 0) is 32.1 Å². The predicted octanol–water partition coefficient (Wildman–Crippen LogP) is 0.244. The Bertz CT molecular complexity index is 610. The first kappa shape index (κ1) is 14.7. The topological polar surface area (TPSA) is 111 Å². The maximum atomic E-state index is 11.6. The van der Waals surface area contributed by atoms with Crippen LogP contribution in [0, 0.1) is 10.1 Å². The standard InChI is InChI=1S/C11H15N3O5S/c1-12-20(17,18)9-2-3-11(10(6-9)14(15)16)19-8-4-5-13-7-8/h2-3,6,8,12-13H,4-5,7H2,1H3. The van der Waals surface area contributed by atoms with Gasteiger partial charge in [0.05, 0.1) is 9.82 Å². The zero-order chi connectivity index (χ0) is 14.8. The summed E-state index contributed by atoms with van der Waals surface area (Å²) in [4.78, 5) is 10.2. The summed E-state index contributed by atoms with van der Waals surface area (Å²) < 4.78 is 31.0. The summed E-state index contributed by atoms with van der Waals surface area (Å²) >= 11 is 0. The Morgan fingerprint density at radius 2 is 2.25 bits per heavy atom. The lowest BCUT2D eigenvalue weighted by Crippen LogP contribution is -2.21. The third kappa shape index (κ3) is 3.06. The number of nitrogens with zero attached hydrogens (tertiary/aromatic N) is 1. The number of rotatable bonds is 5. The molecule has 1 atom stereocenters. The molecule has 2 rings (SSSR count). The number of nitro benzene ring substituents is 1. The van der Waals surface area contributed by atoms with Crippen LogP contribution in [-0.4, -0.2) is 39.6 Å². The molecule has 20 heavy (non-hydrogen) atoms. The van der Waals surface area contributed by atoms with E-state index in [1.807, 2.05) is 0 Å². The van der Waals surface area contributed by atoms with E-state index in [-0.39, 0.29) is 22.4 Å². The van der Waals surface area contributed by atoms with Crippen molar-refractivity contribution in [2.24, 2.45) is 0 Å². The summed E-state index contributed by atoms with van der Waals surface area (Å²) in [5.41, 5.74) is -0.353. The van der Waals surface area contributed by atoms with Crippen LogP contribution < -0.4 is 14.8 Å². The Labute approximate surface area is 116 Å². The highest BCUT2D eigenvalue weighted by Crippen LogP contribution is 2.31. The molecule has 1 fully saturated rings. The molecule has 0 radical (unpaired) electrons. The van der Waals surface area contributed by atoms with E-state index in [2.05, 4.69) is 10.0 Å². The zero-order valence-corrected chi connectivity index (χ0v) is 11.6. The van der Waals surface area contributed by atoms with Crippen LogP contribution in [0.5, 0.6) is 5.75 Å². The molecule has 2 N–H and O–H groups in total. The quantitative estimate of drug-likeness (QED) is 0.595. The van der Waals surface area contributed by atoms with Crippen LogP contribution in [0.1, 0.15) is 6.42 Å². The summed E-state index contributed by atoms with van der Waals surface area (Å²) in [6, 6.07) is 3.61. The van der Waals surface area contributed by atoms with Crippen molar-refractivity contribution in [1.82, 2.24) is 10.0 Å². The van der Waals surface area contributed by atoms with Crippen LogP contribution in [0.4, 0.5) is 5.69 Å². The van der Waals surface area contributed by atoms with Gasteiger partial charge < -0.3 is 10.1 Å². The lowest BCUT2D eigenvalue weighted by molar-refractivity contribution is -0.386. The second-order valence-electron chi connectivity index (χ2n) is 4.33. The third-order valence-corrected chi connectivity index (χ3v) is 4.43. The van der Waals surface area contributed by atoms with Gasteiger partial charge in [0.15, 0.2) is 5.75 Å². The highest BCUT2D eigenvalue weighted by molar-refractivity contribution is 7.89. The molecule has 1 aromatic rings. The molecule has 1 heterocycles. The minimum atomic E-state index is -3.72. The summed E-state index contributed by atoms with van der Waals surface area (Å²) in [5.74, 6) is 0.0822. The van der Waals surface area contributed by atoms with Crippen LogP contribution in [-0.2, 0) is 10.0 Å². The molecule has 110 valence electrons. The van der Waals surface area contributed by atoms with Gasteiger partial charge >= 0.3 is 5.69 Å². The van der Waals surface area contributed by atoms with Crippen molar-refractivity contribution in [3.63, 3.8) is 0 Å². The average Bonchev–Trinajstić information content (AvgIpc) is 2.91. The van der Waals surface area contributed by atoms with E-state index in [0.717, 1.165) is 19.0 Å². The first-order valence-electron chi connectivity index (χ1n) is 6.03. The Hall–Kier alpha value is -1.71. The molecule has 1 aliphatic heterocycles. The fourth-order valence-corrected chi connectivity index (χ4v) is 2.68. The van der Waals surface area contributed by atoms with E-state index in [4.69, 9.17) is 4.74 Å². The van der Waals surface area contributed by atoms with Crippen LogP contribution >= 0.6 is 0 Å². The van der Waals surface area contributed by atoms with Gasteiger partial charge in [-0.3, -0.25) is 10.1 Å². The lowest BCUT2D eigenvalue weighted by atomic mass is 10.2. The normalized spacial score (nSPS) is 18.9. The molecule has 0 spiro atoms. The fourth-order valence-electron chi connectivity index (χ4n) is 1.93. The van der Waals surface area contributed by atoms with Gasteiger partial charge in [-0.1, -0.05) is 0 Å². The van der Waals surface area contributed by atoms with Crippen LogP contribution in [0.2, 0.25) is 0 Å². The number of hydrogen-bond acceptors (Lipinski definition) is 6. The maximum Gasteiger partial charge on any atom is 0.312 e. The maximum absolute atomic E-state index is 11.6. The number of nitro groups is 1. The molecule has 1 aromatic carbocycles. The average molecular weight is 301 g/mol. The molecule has 0 aliphatic carbocycles. The highest BCUT2D eigenvalue weighted by atomic mass is 32.2. The second kappa shape index (κ2) is 5.73. The monoisotopic (exact) mass is 301 g/mol. The molecule has 8 nitrogen and oxygen atoms in total. The van der Waals surface area contributed by atoms with Crippen molar-refractivity contribution >= 4 is 15.7 Å². The van der Waals surface area contributed by atoms with Crippen molar-refractivity contribution in [1.29, 1.82) is 0 Å². The number of nitrogens with one attached hydrogen (secondary N) is 2. The first-order valence-corrected chi connectivity index (χ1v) is 7.51. The van der Waals surface area contributed by atoms with E-state index in [0.29, 0.717) is 6.54 Å². The zero-order valence-electron chi connectivity index (χ0n) is 10.8. The molecule has 0 saturated carbocycles. The van der Waals surface area contributed by atoms with E-state index in [1.54, 1.807) is 0 Å². The lowest BCUT2D eigenvalue weighted by Gasteiger charge is -2.13. The molecule has 1 unspecified atom stereocenters. The largest absolute Gasteiger partial charge is 0.482 e. The van der Waals surface area contributed by atoms with E-state index in [1.165, 1.54) is 19.2 Å². The minimum absolute atomic E-state index is 0.0822. The Balaban J connectivity index is 2.35. The number of benzene rings is 1. The predicted molar refractivity (Wildman–Crippen MR) is 71.2 cm³/mol. The smallest absolute Gasteiger partial charge is 0.312 e. The van der Waals surface area contributed by atoms with Gasteiger partial charge in [-0.15, -0.1) is 0 Å². The second-order valence-corrected chi connectivity index (χ2v) is 6.21. The van der Waals surface area contributed by atoms with Crippen LogP contribution in [0.15, 0.2) is 23.1 Å². The Morgan fingerprint density at radius 1 is 1.50 bits per heavy atom. The molecule has 1 saturated heterocycles. The molecule has 9 heteroatoms. The van der Waals surface area contributed by atoms with Crippen LogP contribution in [0.25, 0.3) is 0 Å². The fraction of sp³-hybridized carbons (Fsp3) is 0.455. The highest BCUT2D eigenvalue weighted by Gasteiger charge is 2.24. The van der Waals surface area contributed by atoms with Gasteiger partial charge in [0.2, 0.25) is 10.0 Å². The van der Waals surface area contributed by atoms with Gasteiger partial charge in [0.25, 0.3) is 0 Å². The first-order chi connectivity index (χ1) is 9.44.